The van der Waals surface area contributed by atoms with Crippen LogP contribution in [0.2, 0.25) is 0 Å². The first kappa shape index (κ1) is 19.7. The molecule has 0 saturated carbocycles. The van der Waals surface area contributed by atoms with Crippen LogP contribution in [0.3, 0.4) is 0 Å². The van der Waals surface area contributed by atoms with E-state index in [2.05, 4.69) is 132 Å². The third-order valence-corrected chi connectivity index (χ3v) is 6.80. The van der Waals surface area contributed by atoms with E-state index in [1.165, 1.54) is 38.2 Å². The van der Waals surface area contributed by atoms with Crippen molar-refractivity contribution in [1.82, 2.24) is 9.55 Å². The lowest BCUT2D eigenvalue weighted by molar-refractivity contribution is 1.08. The highest BCUT2D eigenvalue weighted by Crippen LogP contribution is 2.38. The first-order chi connectivity index (χ1) is 17.4. The van der Waals surface area contributed by atoms with Crippen LogP contribution < -0.4 is 0 Å². The summed E-state index contributed by atoms with van der Waals surface area (Å²) in [7, 11) is 0. The molecule has 0 saturated heterocycles. The van der Waals surface area contributed by atoms with Gasteiger partial charge in [0, 0.05) is 16.3 Å². The molecule has 0 N–H and O–H groups in total. The van der Waals surface area contributed by atoms with Gasteiger partial charge in [-0.2, -0.15) is 0 Å². The van der Waals surface area contributed by atoms with Gasteiger partial charge in [0.05, 0.1) is 16.7 Å². The van der Waals surface area contributed by atoms with Crippen LogP contribution in [0.25, 0.3) is 60.8 Å². The minimum Gasteiger partial charge on any atom is -0.294 e. The van der Waals surface area contributed by atoms with Gasteiger partial charge in [-0.1, -0.05) is 109 Å². The molecule has 0 atom stereocenters. The summed E-state index contributed by atoms with van der Waals surface area (Å²) in [6, 6.07) is 47.1. The lowest BCUT2D eigenvalue weighted by Crippen LogP contribution is -1.98. The molecule has 0 radical (unpaired) electrons. The third kappa shape index (κ3) is 3.23. The van der Waals surface area contributed by atoms with Crippen LogP contribution >= 0.6 is 0 Å². The van der Waals surface area contributed by atoms with Gasteiger partial charge in [0.2, 0.25) is 0 Å². The van der Waals surface area contributed by atoms with E-state index >= 15 is 0 Å². The summed E-state index contributed by atoms with van der Waals surface area (Å²) in [4.78, 5) is 5.13. The highest BCUT2D eigenvalue weighted by atomic mass is 15.1. The standard InChI is InChI=1S/C33H22N2/c1-3-10-23(11-4-1)26-18-20-28-31(22-26)35(30-21-19-24-12-7-8-15-27(24)33(28)30)32-17-9-16-29(34-32)25-13-5-2-6-14-25/h1-22H. The SMILES string of the molecule is c1ccc(-c2ccc3c4c5ccccc5ccc4n(-c4cccc(-c5ccccc5)n4)c3c2)cc1. The van der Waals surface area contributed by atoms with E-state index in [9.17, 15) is 0 Å². The average Bonchev–Trinajstić information content (AvgIpc) is 3.28. The molecule has 5 aromatic carbocycles. The van der Waals surface area contributed by atoms with Gasteiger partial charge in [-0.15, -0.1) is 0 Å². The molecule has 7 aromatic rings. The van der Waals surface area contributed by atoms with E-state index in [0.29, 0.717) is 0 Å². The first-order valence-corrected chi connectivity index (χ1v) is 11.9. The second-order valence-corrected chi connectivity index (χ2v) is 8.86. The predicted molar refractivity (Wildman–Crippen MR) is 147 cm³/mol. The third-order valence-electron chi connectivity index (χ3n) is 6.80. The van der Waals surface area contributed by atoms with Gasteiger partial charge in [-0.3, -0.25) is 4.57 Å². The van der Waals surface area contributed by atoms with Gasteiger partial charge >= 0.3 is 0 Å². The van der Waals surface area contributed by atoms with E-state index in [-0.39, 0.29) is 0 Å². The van der Waals surface area contributed by atoms with Crippen molar-refractivity contribution in [3.8, 4) is 28.2 Å². The normalized spacial score (nSPS) is 11.4. The quantitative estimate of drug-likeness (QED) is 0.265. The molecule has 0 aliphatic carbocycles. The maximum Gasteiger partial charge on any atom is 0.138 e. The van der Waals surface area contributed by atoms with Crippen LogP contribution in [0.1, 0.15) is 0 Å². The Morgan fingerprint density at radius 3 is 2.03 bits per heavy atom. The fraction of sp³-hybridized carbons (Fsp3) is 0. The smallest absolute Gasteiger partial charge is 0.138 e. The number of nitrogens with zero attached hydrogens (tertiary/aromatic N) is 2. The van der Waals surface area contributed by atoms with Crippen LogP contribution in [0.5, 0.6) is 0 Å². The number of fused-ring (bicyclic) bond motifs is 5. The minimum absolute atomic E-state index is 0.923. The molecule has 0 bridgehead atoms. The summed E-state index contributed by atoms with van der Waals surface area (Å²) in [6.45, 7) is 0. The molecule has 0 aliphatic rings. The lowest BCUT2D eigenvalue weighted by atomic mass is 10.0. The summed E-state index contributed by atoms with van der Waals surface area (Å²) in [5, 5.41) is 5.02. The van der Waals surface area contributed by atoms with Crippen LogP contribution in [-0.4, -0.2) is 9.55 Å². The van der Waals surface area contributed by atoms with Gasteiger partial charge < -0.3 is 0 Å². The van der Waals surface area contributed by atoms with Crippen molar-refractivity contribution in [2.24, 2.45) is 0 Å². The maximum absolute atomic E-state index is 5.13. The molecule has 0 unspecified atom stereocenters. The fourth-order valence-electron chi connectivity index (χ4n) is 5.16. The summed E-state index contributed by atoms with van der Waals surface area (Å²) in [6.07, 6.45) is 0. The molecule has 35 heavy (non-hydrogen) atoms. The van der Waals surface area contributed by atoms with Gasteiger partial charge in [0.1, 0.15) is 5.82 Å². The molecule has 2 nitrogen and oxygen atoms in total. The average molecular weight is 447 g/mol. The number of hydrogen-bond acceptors (Lipinski definition) is 1. The maximum atomic E-state index is 5.13. The van der Waals surface area contributed by atoms with Gasteiger partial charge in [-0.25, -0.2) is 4.98 Å². The van der Waals surface area contributed by atoms with Gasteiger partial charge in [0.15, 0.2) is 0 Å². The van der Waals surface area contributed by atoms with E-state index < -0.39 is 0 Å². The molecular formula is C33H22N2. The number of pyridine rings is 1. The van der Waals surface area contributed by atoms with E-state index in [1.54, 1.807) is 0 Å². The van der Waals surface area contributed by atoms with E-state index in [0.717, 1.165) is 22.6 Å². The Kier molecular flexibility index (Phi) is 4.49. The second-order valence-electron chi connectivity index (χ2n) is 8.86. The van der Waals surface area contributed by atoms with Gasteiger partial charge in [0.25, 0.3) is 0 Å². The van der Waals surface area contributed by atoms with Crippen molar-refractivity contribution in [1.29, 1.82) is 0 Å². The molecule has 0 aliphatic heterocycles. The van der Waals surface area contributed by atoms with Crippen LogP contribution in [0.4, 0.5) is 0 Å². The molecule has 164 valence electrons. The zero-order valence-corrected chi connectivity index (χ0v) is 19.1. The van der Waals surface area contributed by atoms with Crippen molar-refractivity contribution >= 4 is 32.6 Å². The zero-order valence-electron chi connectivity index (χ0n) is 19.1. The van der Waals surface area contributed by atoms with Crippen molar-refractivity contribution in [3.63, 3.8) is 0 Å². The molecule has 2 heteroatoms. The Morgan fingerprint density at radius 1 is 0.457 bits per heavy atom. The lowest BCUT2D eigenvalue weighted by Gasteiger charge is -2.10. The summed E-state index contributed by atoms with van der Waals surface area (Å²) < 4.78 is 2.32. The molecule has 0 spiro atoms. The Labute approximate surface area is 203 Å². The molecule has 2 heterocycles. The Balaban J connectivity index is 1.57. The van der Waals surface area contributed by atoms with E-state index in [1.807, 2.05) is 6.07 Å². The zero-order chi connectivity index (χ0) is 23.2. The number of aromatic nitrogens is 2. The molecule has 0 fully saturated rings. The predicted octanol–water partition coefficient (Wildman–Crippen LogP) is 8.67. The highest BCUT2D eigenvalue weighted by Gasteiger charge is 2.16. The Bertz CT molecular complexity index is 1830. The van der Waals surface area contributed by atoms with Crippen molar-refractivity contribution in [3.05, 3.63) is 133 Å². The Morgan fingerprint density at radius 2 is 1.20 bits per heavy atom. The molecular weight excluding hydrogens is 424 g/mol. The summed E-state index contributed by atoms with van der Waals surface area (Å²) in [5.41, 5.74) is 6.83. The number of benzene rings is 5. The topological polar surface area (TPSA) is 17.8 Å². The Hall–Kier alpha value is -4.69. The first-order valence-electron chi connectivity index (χ1n) is 11.9. The minimum atomic E-state index is 0.923. The number of rotatable bonds is 3. The van der Waals surface area contributed by atoms with Gasteiger partial charge in [-0.05, 0) is 46.2 Å². The highest BCUT2D eigenvalue weighted by molar-refractivity contribution is 6.21. The van der Waals surface area contributed by atoms with E-state index in [4.69, 9.17) is 4.98 Å². The monoisotopic (exact) mass is 446 g/mol. The van der Waals surface area contributed by atoms with Crippen molar-refractivity contribution in [2.75, 3.05) is 0 Å². The largest absolute Gasteiger partial charge is 0.294 e. The van der Waals surface area contributed by atoms with Crippen LogP contribution in [0.15, 0.2) is 133 Å². The summed E-state index contributed by atoms with van der Waals surface area (Å²) in [5.74, 6) is 0.923. The summed E-state index contributed by atoms with van der Waals surface area (Å²) >= 11 is 0. The fourth-order valence-corrected chi connectivity index (χ4v) is 5.16. The molecule has 2 aromatic heterocycles. The molecule has 0 amide bonds. The number of hydrogen-bond donors (Lipinski definition) is 0. The van der Waals surface area contributed by atoms with Crippen molar-refractivity contribution in [2.45, 2.75) is 0 Å². The van der Waals surface area contributed by atoms with Crippen LogP contribution in [-0.2, 0) is 0 Å². The second kappa shape index (κ2) is 7.96. The van der Waals surface area contributed by atoms with Crippen LogP contribution in [0, 0.1) is 0 Å². The van der Waals surface area contributed by atoms with Crippen molar-refractivity contribution < 1.29 is 0 Å². The molecule has 7 rings (SSSR count).